The van der Waals surface area contributed by atoms with Crippen molar-refractivity contribution in [2.75, 3.05) is 13.7 Å². The smallest absolute Gasteiger partial charge is 0.113 e. The maximum absolute atomic E-state index is 5.81. The SMILES string of the molecule is CNCc1cc(C#CC2CC2)ccc1-c1cn(CC2CCCCO2)nn1. The largest absolute Gasteiger partial charge is 0.376 e. The van der Waals surface area contributed by atoms with Crippen LogP contribution in [0.3, 0.4) is 0 Å². The van der Waals surface area contributed by atoms with E-state index in [1.807, 2.05) is 17.9 Å². The molecule has 1 aliphatic heterocycles. The molecular weight excluding hydrogens is 324 g/mol. The molecule has 1 aliphatic carbocycles. The molecule has 2 fully saturated rings. The van der Waals surface area contributed by atoms with Crippen LogP contribution in [0.2, 0.25) is 0 Å². The van der Waals surface area contributed by atoms with Crippen LogP contribution in [0.5, 0.6) is 0 Å². The molecule has 2 heterocycles. The summed E-state index contributed by atoms with van der Waals surface area (Å²) in [6, 6.07) is 6.38. The highest BCUT2D eigenvalue weighted by Crippen LogP contribution is 2.28. The van der Waals surface area contributed by atoms with Crippen LogP contribution in [-0.2, 0) is 17.8 Å². The zero-order valence-electron chi connectivity index (χ0n) is 15.4. The molecular formula is C21H26N4O. The molecule has 1 atom stereocenters. The monoisotopic (exact) mass is 350 g/mol. The molecule has 2 aliphatic rings. The summed E-state index contributed by atoms with van der Waals surface area (Å²) in [5.41, 5.74) is 4.31. The average Bonchev–Trinajstić information content (AvgIpc) is 3.39. The summed E-state index contributed by atoms with van der Waals surface area (Å²) < 4.78 is 7.72. The van der Waals surface area contributed by atoms with Gasteiger partial charge in [-0.15, -0.1) is 5.10 Å². The van der Waals surface area contributed by atoms with Crippen LogP contribution in [0.1, 0.15) is 43.2 Å². The summed E-state index contributed by atoms with van der Waals surface area (Å²) in [4.78, 5) is 0. The van der Waals surface area contributed by atoms with Gasteiger partial charge in [-0.2, -0.15) is 0 Å². The van der Waals surface area contributed by atoms with Gasteiger partial charge in [-0.1, -0.05) is 23.1 Å². The van der Waals surface area contributed by atoms with Gasteiger partial charge in [0, 0.05) is 30.2 Å². The second-order valence-corrected chi connectivity index (χ2v) is 7.26. The van der Waals surface area contributed by atoms with Gasteiger partial charge in [0.15, 0.2) is 0 Å². The standard InChI is InChI=1S/C21H26N4O/c1-22-13-18-12-17(8-7-16-5-6-16)9-10-20(18)21-15-25(24-23-21)14-19-4-2-3-11-26-19/h9-10,12,15-16,19,22H,2-6,11,13-14H2,1H3. The predicted molar refractivity (Wildman–Crippen MR) is 101 cm³/mol. The lowest BCUT2D eigenvalue weighted by atomic mass is 10.0. The Bertz CT molecular complexity index is 807. The van der Waals surface area contributed by atoms with Crippen molar-refractivity contribution in [2.45, 2.75) is 51.3 Å². The summed E-state index contributed by atoms with van der Waals surface area (Å²) >= 11 is 0. The van der Waals surface area contributed by atoms with Gasteiger partial charge >= 0.3 is 0 Å². The fourth-order valence-corrected chi connectivity index (χ4v) is 3.34. The van der Waals surface area contributed by atoms with Crippen molar-refractivity contribution < 1.29 is 4.74 Å². The second kappa shape index (κ2) is 8.03. The number of hydrogen-bond acceptors (Lipinski definition) is 4. The molecule has 136 valence electrons. The van der Waals surface area contributed by atoms with E-state index in [0.29, 0.717) is 5.92 Å². The predicted octanol–water partition coefficient (Wildman–Crippen LogP) is 3.00. The van der Waals surface area contributed by atoms with Crippen LogP contribution in [0.4, 0.5) is 0 Å². The molecule has 1 saturated heterocycles. The first-order chi connectivity index (χ1) is 12.8. The third-order valence-corrected chi connectivity index (χ3v) is 4.95. The first-order valence-electron chi connectivity index (χ1n) is 9.63. The van der Waals surface area contributed by atoms with Gasteiger partial charge in [-0.3, -0.25) is 0 Å². The van der Waals surface area contributed by atoms with Gasteiger partial charge in [0.1, 0.15) is 5.69 Å². The highest BCUT2D eigenvalue weighted by molar-refractivity contribution is 5.64. The third-order valence-electron chi connectivity index (χ3n) is 4.95. The third kappa shape index (κ3) is 4.32. The normalized spacial score (nSPS) is 19.8. The van der Waals surface area contributed by atoms with Gasteiger partial charge in [0.2, 0.25) is 0 Å². The molecule has 1 unspecified atom stereocenters. The quantitative estimate of drug-likeness (QED) is 0.843. The molecule has 0 radical (unpaired) electrons. The lowest BCUT2D eigenvalue weighted by molar-refractivity contribution is 0.00370. The van der Waals surface area contributed by atoms with E-state index in [0.717, 1.165) is 42.9 Å². The molecule has 1 N–H and O–H groups in total. The Morgan fingerprint density at radius 2 is 2.19 bits per heavy atom. The fourth-order valence-electron chi connectivity index (χ4n) is 3.34. The van der Waals surface area contributed by atoms with Crippen LogP contribution in [0.15, 0.2) is 24.4 Å². The summed E-state index contributed by atoms with van der Waals surface area (Å²) in [7, 11) is 1.96. The minimum Gasteiger partial charge on any atom is -0.376 e. The van der Waals surface area contributed by atoms with E-state index in [1.54, 1.807) is 0 Å². The van der Waals surface area contributed by atoms with Gasteiger partial charge in [0.25, 0.3) is 0 Å². The van der Waals surface area contributed by atoms with Crippen molar-refractivity contribution in [3.8, 4) is 23.1 Å². The topological polar surface area (TPSA) is 52.0 Å². The highest BCUT2D eigenvalue weighted by Gasteiger charge is 2.18. The Kier molecular flexibility index (Phi) is 5.33. The van der Waals surface area contributed by atoms with Crippen molar-refractivity contribution in [3.05, 3.63) is 35.5 Å². The number of rotatable bonds is 5. The van der Waals surface area contributed by atoms with Crippen LogP contribution >= 0.6 is 0 Å². The summed E-state index contributed by atoms with van der Waals surface area (Å²) in [6.45, 7) is 2.42. The van der Waals surface area contributed by atoms with E-state index >= 15 is 0 Å². The Balaban J connectivity index is 1.53. The van der Waals surface area contributed by atoms with E-state index in [-0.39, 0.29) is 6.10 Å². The van der Waals surface area contributed by atoms with Gasteiger partial charge in [-0.05, 0) is 56.8 Å². The summed E-state index contributed by atoms with van der Waals surface area (Å²) in [6.07, 6.45) is 8.31. The van der Waals surface area contributed by atoms with E-state index in [4.69, 9.17) is 4.74 Å². The van der Waals surface area contributed by atoms with Crippen LogP contribution in [0.25, 0.3) is 11.3 Å². The minimum atomic E-state index is 0.259. The Morgan fingerprint density at radius 1 is 1.27 bits per heavy atom. The Morgan fingerprint density at radius 3 is 2.96 bits per heavy atom. The summed E-state index contributed by atoms with van der Waals surface area (Å²) in [5.74, 6) is 7.26. The number of benzene rings is 1. The molecule has 5 nitrogen and oxygen atoms in total. The lowest BCUT2D eigenvalue weighted by Crippen LogP contribution is -2.24. The Hall–Kier alpha value is -2.16. The first kappa shape index (κ1) is 17.3. The number of ether oxygens (including phenoxy) is 1. The number of nitrogens with zero attached hydrogens (tertiary/aromatic N) is 3. The first-order valence-corrected chi connectivity index (χ1v) is 9.63. The molecule has 1 aromatic heterocycles. The number of aromatic nitrogens is 3. The van der Waals surface area contributed by atoms with Crippen molar-refractivity contribution in [1.29, 1.82) is 0 Å². The average molecular weight is 350 g/mol. The van der Waals surface area contributed by atoms with E-state index in [1.165, 1.54) is 31.2 Å². The van der Waals surface area contributed by atoms with Crippen LogP contribution in [-0.4, -0.2) is 34.8 Å². The second-order valence-electron chi connectivity index (χ2n) is 7.26. The van der Waals surface area contributed by atoms with Crippen molar-refractivity contribution in [3.63, 3.8) is 0 Å². The zero-order chi connectivity index (χ0) is 17.8. The lowest BCUT2D eigenvalue weighted by Gasteiger charge is -2.21. The van der Waals surface area contributed by atoms with E-state index < -0.39 is 0 Å². The fraction of sp³-hybridized carbons (Fsp3) is 0.524. The van der Waals surface area contributed by atoms with Gasteiger partial charge < -0.3 is 10.1 Å². The molecule has 0 amide bonds. The highest BCUT2D eigenvalue weighted by atomic mass is 16.5. The van der Waals surface area contributed by atoms with Gasteiger partial charge in [0.05, 0.1) is 18.8 Å². The molecule has 1 aromatic carbocycles. The molecule has 0 spiro atoms. The molecule has 4 rings (SSSR count). The van der Waals surface area contributed by atoms with Crippen LogP contribution in [0, 0.1) is 17.8 Å². The Labute approximate surface area is 155 Å². The summed E-state index contributed by atoms with van der Waals surface area (Å²) in [5, 5.41) is 12.0. The number of hydrogen-bond donors (Lipinski definition) is 1. The maximum Gasteiger partial charge on any atom is 0.113 e. The zero-order valence-corrected chi connectivity index (χ0v) is 15.4. The molecule has 2 aromatic rings. The molecule has 5 heteroatoms. The van der Waals surface area contributed by atoms with E-state index in [9.17, 15) is 0 Å². The molecule has 26 heavy (non-hydrogen) atoms. The van der Waals surface area contributed by atoms with Crippen molar-refractivity contribution in [2.24, 2.45) is 5.92 Å². The molecule has 1 saturated carbocycles. The maximum atomic E-state index is 5.81. The minimum absolute atomic E-state index is 0.259. The van der Waals surface area contributed by atoms with Crippen LogP contribution < -0.4 is 5.32 Å². The van der Waals surface area contributed by atoms with Crippen molar-refractivity contribution in [1.82, 2.24) is 20.3 Å². The van der Waals surface area contributed by atoms with Crippen molar-refractivity contribution >= 4 is 0 Å². The van der Waals surface area contributed by atoms with Gasteiger partial charge in [-0.25, -0.2) is 4.68 Å². The number of nitrogens with one attached hydrogen (secondary N) is 1. The van der Waals surface area contributed by atoms with E-state index in [2.05, 4.69) is 45.7 Å². The molecule has 0 bridgehead atoms.